The van der Waals surface area contributed by atoms with Crippen LogP contribution in [0.5, 0.6) is 0 Å². The van der Waals surface area contributed by atoms with E-state index in [1.807, 2.05) is 0 Å². The largest absolute Gasteiger partial charge is 0.462 e. The summed E-state index contributed by atoms with van der Waals surface area (Å²) in [6.07, 6.45) is 17.3. The number of ether oxygens (including phenoxy) is 4. The maximum Gasteiger partial charge on any atom is 0.308 e. The first-order chi connectivity index (χ1) is 21.6. The van der Waals surface area contributed by atoms with Crippen molar-refractivity contribution in [2.24, 2.45) is 46.3 Å². The second-order valence-electron chi connectivity index (χ2n) is 15.7. The summed E-state index contributed by atoms with van der Waals surface area (Å²) in [6, 6.07) is 0. The zero-order valence-corrected chi connectivity index (χ0v) is 29.5. The number of esters is 1. The van der Waals surface area contributed by atoms with Crippen LogP contribution < -0.4 is 5.32 Å². The Morgan fingerprint density at radius 2 is 1.56 bits per heavy atom. The van der Waals surface area contributed by atoms with Crippen LogP contribution in [0.1, 0.15) is 118 Å². The lowest BCUT2D eigenvalue weighted by Crippen LogP contribution is -2.51. The van der Waals surface area contributed by atoms with Crippen LogP contribution in [0.15, 0.2) is 11.6 Å². The molecule has 8 atom stereocenters. The van der Waals surface area contributed by atoms with E-state index in [4.69, 9.17) is 18.9 Å². The number of fused-ring (bicyclic) bond motifs is 5. The molecule has 4 rings (SSSR count). The lowest BCUT2D eigenvalue weighted by atomic mass is 9.47. The number of hydrogen-bond donors (Lipinski definition) is 1. The number of carbonyl (C=O) groups excluding carboxylic acids is 2. The van der Waals surface area contributed by atoms with E-state index >= 15 is 0 Å². The van der Waals surface area contributed by atoms with Crippen molar-refractivity contribution in [2.75, 3.05) is 46.7 Å². The van der Waals surface area contributed by atoms with E-state index in [1.54, 1.807) is 12.6 Å². The molecule has 0 aromatic rings. The summed E-state index contributed by atoms with van der Waals surface area (Å²) >= 11 is 0. The highest BCUT2D eigenvalue weighted by molar-refractivity contribution is 5.75. The van der Waals surface area contributed by atoms with Crippen molar-refractivity contribution in [3.05, 3.63) is 11.6 Å². The highest BCUT2D eigenvalue weighted by Crippen LogP contribution is 2.67. The SMILES string of the molecule is CNC(=O)CCOCCOCCOCCC(=O)OC1CCC2(C)C(=CCC3C2CCC2(C)C(C(C)CCCC(C)C)CCC32)C1. The van der Waals surface area contributed by atoms with E-state index < -0.39 is 0 Å². The zero-order chi connectivity index (χ0) is 32.5. The van der Waals surface area contributed by atoms with Crippen LogP contribution in [0.2, 0.25) is 0 Å². The van der Waals surface area contributed by atoms with Crippen LogP contribution in [-0.2, 0) is 28.5 Å². The predicted molar refractivity (Wildman–Crippen MR) is 179 cm³/mol. The van der Waals surface area contributed by atoms with Crippen molar-refractivity contribution >= 4 is 11.9 Å². The summed E-state index contributed by atoms with van der Waals surface area (Å²) in [6.45, 7) is 15.0. The van der Waals surface area contributed by atoms with Crippen LogP contribution in [-0.4, -0.2) is 64.7 Å². The van der Waals surface area contributed by atoms with Gasteiger partial charge >= 0.3 is 5.97 Å². The lowest BCUT2D eigenvalue weighted by molar-refractivity contribution is -0.152. The number of carbonyl (C=O) groups is 2. The fourth-order valence-corrected chi connectivity index (χ4v) is 9.98. The summed E-state index contributed by atoms with van der Waals surface area (Å²) in [7, 11) is 1.61. The number of rotatable bonds is 18. The Morgan fingerprint density at radius 3 is 2.24 bits per heavy atom. The molecule has 0 bridgehead atoms. The minimum atomic E-state index is -0.156. The van der Waals surface area contributed by atoms with E-state index in [0.717, 1.165) is 54.8 Å². The molecule has 0 spiro atoms. The van der Waals surface area contributed by atoms with Gasteiger partial charge in [-0.3, -0.25) is 9.59 Å². The summed E-state index contributed by atoms with van der Waals surface area (Å²) in [5, 5.41) is 2.56. The van der Waals surface area contributed by atoms with E-state index in [-0.39, 0.29) is 29.8 Å². The average Bonchev–Trinajstić information content (AvgIpc) is 3.37. The van der Waals surface area contributed by atoms with Gasteiger partial charge in [0.15, 0.2) is 0 Å². The lowest BCUT2D eigenvalue weighted by Gasteiger charge is -2.58. The number of nitrogens with one attached hydrogen (secondary N) is 1. The summed E-state index contributed by atoms with van der Waals surface area (Å²) in [5.74, 6) is 4.86. The van der Waals surface area contributed by atoms with Gasteiger partial charge in [0, 0.05) is 19.9 Å². The highest BCUT2D eigenvalue weighted by atomic mass is 16.6. The summed E-state index contributed by atoms with van der Waals surface area (Å²) in [5.41, 5.74) is 2.36. The molecule has 0 aromatic heterocycles. The Bertz CT molecular complexity index is 981. The molecule has 1 amide bonds. The first-order valence-electron chi connectivity index (χ1n) is 18.4. The van der Waals surface area contributed by atoms with Gasteiger partial charge in [0.2, 0.25) is 5.91 Å². The molecule has 0 aromatic carbocycles. The van der Waals surface area contributed by atoms with E-state index in [2.05, 4.69) is 46.0 Å². The summed E-state index contributed by atoms with van der Waals surface area (Å²) in [4.78, 5) is 23.8. The molecule has 0 saturated heterocycles. The molecule has 45 heavy (non-hydrogen) atoms. The third kappa shape index (κ3) is 9.34. The van der Waals surface area contributed by atoms with Gasteiger partial charge in [-0.05, 0) is 91.3 Å². The van der Waals surface area contributed by atoms with Gasteiger partial charge in [-0.1, -0.05) is 65.5 Å². The molecular weight excluding hydrogens is 566 g/mol. The quantitative estimate of drug-likeness (QED) is 0.0958. The van der Waals surface area contributed by atoms with Crippen LogP contribution in [0.4, 0.5) is 0 Å². The molecule has 258 valence electrons. The number of amides is 1. The normalized spacial score (nSPS) is 33.1. The Labute approximate surface area is 274 Å². The van der Waals surface area contributed by atoms with Crippen LogP contribution in [0.3, 0.4) is 0 Å². The molecule has 8 unspecified atom stereocenters. The second-order valence-corrected chi connectivity index (χ2v) is 15.7. The molecule has 3 saturated carbocycles. The Morgan fingerprint density at radius 1 is 0.867 bits per heavy atom. The third-order valence-corrected chi connectivity index (χ3v) is 12.5. The third-order valence-electron chi connectivity index (χ3n) is 12.5. The predicted octanol–water partition coefficient (Wildman–Crippen LogP) is 7.52. The van der Waals surface area contributed by atoms with Crippen molar-refractivity contribution < 1.29 is 28.5 Å². The van der Waals surface area contributed by atoms with Crippen LogP contribution in [0.25, 0.3) is 0 Å². The fourth-order valence-electron chi connectivity index (χ4n) is 9.98. The Hall–Kier alpha value is -1.44. The molecule has 0 radical (unpaired) electrons. The zero-order valence-electron chi connectivity index (χ0n) is 29.5. The van der Waals surface area contributed by atoms with Crippen molar-refractivity contribution in [3.63, 3.8) is 0 Å². The maximum atomic E-state index is 12.6. The molecule has 7 heteroatoms. The molecule has 1 N–H and O–H groups in total. The fraction of sp³-hybridized carbons (Fsp3) is 0.895. The van der Waals surface area contributed by atoms with Gasteiger partial charge in [0.05, 0.1) is 46.1 Å². The molecule has 4 aliphatic carbocycles. The molecule has 0 heterocycles. The van der Waals surface area contributed by atoms with E-state index in [9.17, 15) is 9.59 Å². The van der Waals surface area contributed by atoms with Gasteiger partial charge in [-0.2, -0.15) is 0 Å². The summed E-state index contributed by atoms with van der Waals surface area (Å²) < 4.78 is 22.4. The molecule has 3 fully saturated rings. The molecule has 0 aliphatic heterocycles. The average molecular weight is 632 g/mol. The Balaban J connectivity index is 1.15. The molecule has 7 nitrogen and oxygen atoms in total. The minimum Gasteiger partial charge on any atom is -0.462 e. The van der Waals surface area contributed by atoms with Crippen molar-refractivity contribution in [3.8, 4) is 0 Å². The second kappa shape index (κ2) is 17.1. The van der Waals surface area contributed by atoms with Crippen molar-refractivity contribution in [2.45, 2.75) is 124 Å². The van der Waals surface area contributed by atoms with Gasteiger partial charge in [0.1, 0.15) is 6.10 Å². The van der Waals surface area contributed by atoms with E-state index in [0.29, 0.717) is 51.5 Å². The topological polar surface area (TPSA) is 83.1 Å². The van der Waals surface area contributed by atoms with Crippen molar-refractivity contribution in [1.29, 1.82) is 0 Å². The van der Waals surface area contributed by atoms with Gasteiger partial charge in [-0.15, -0.1) is 0 Å². The maximum absolute atomic E-state index is 12.6. The van der Waals surface area contributed by atoms with Crippen LogP contribution in [0, 0.1) is 46.3 Å². The van der Waals surface area contributed by atoms with Gasteiger partial charge < -0.3 is 24.3 Å². The number of allylic oxidation sites excluding steroid dienone is 1. The first-order valence-corrected chi connectivity index (χ1v) is 18.4. The van der Waals surface area contributed by atoms with E-state index in [1.165, 1.54) is 51.4 Å². The first kappa shape index (κ1) is 36.4. The molecule has 4 aliphatic rings. The van der Waals surface area contributed by atoms with Crippen LogP contribution >= 0.6 is 0 Å². The smallest absolute Gasteiger partial charge is 0.308 e. The van der Waals surface area contributed by atoms with Gasteiger partial charge in [0.25, 0.3) is 0 Å². The monoisotopic (exact) mass is 631 g/mol. The molecular formula is C38H65NO6. The van der Waals surface area contributed by atoms with Gasteiger partial charge in [-0.25, -0.2) is 0 Å². The standard InChI is InChI=1S/C38H65NO6/c1-27(2)8-7-9-28(3)32-12-13-33-31-11-10-29-26-30(14-18-37(29,4)34(31)15-19-38(32,33)5)45-36(41)17-21-43-23-25-44-24-22-42-20-16-35(40)39-6/h10,27-28,30-34H,7-9,11-26H2,1-6H3,(H,39,40). The minimum absolute atomic E-state index is 0.00323. The van der Waals surface area contributed by atoms with Crippen molar-refractivity contribution in [1.82, 2.24) is 5.32 Å². The highest BCUT2D eigenvalue weighted by Gasteiger charge is 2.59. The Kier molecular flexibility index (Phi) is 13.8. The number of hydrogen-bond acceptors (Lipinski definition) is 6.